The molecule has 0 bridgehead atoms. The Morgan fingerprint density at radius 1 is 0.885 bits per heavy atom. The van der Waals surface area contributed by atoms with E-state index in [0.29, 0.717) is 27.6 Å². The van der Waals surface area contributed by atoms with Gasteiger partial charge in [0.15, 0.2) is 5.78 Å². The molecule has 0 saturated heterocycles. The van der Waals surface area contributed by atoms with Crippen LogP contribution in [-0.2, 0) is 4.79 Å². The van der Waals surface area contributed by atoms with Gasteiger partial charge in [-0.25, -0.2) is 0 Å². The number of rotatable bonds is 9. The zero-order chi connectivity index (χ0) is 18.9. The van der Waals surface area contributed by atoms with Gasteiger partial charge in [-0.2, -0.15) is 0 Å². The van der Waals surface area contributed by atoms with Gasteiger partial charge in [0.1, 0.15) is 6.04 Å². The lowest BCUT2D eigenvalue weighted by Gasteiger charge is -2.18. The smallest absolute Gasteiger partial charge is 0.220 e. The third kappa shape index (κ3) is 6.42. The molecule has 1 unspecified atom stereocenters. The van der Waals surface area contributed by atoms with Crippen molar-refractivity contribution >= 4 is 50.8 Å². The maximum absolute atomic E-state index is 13.0. The summed E-state index contributed by atoms with van der Waals surface area (Å²) in [6.45, 7) is 0. The summed E-state index contributed by atoms with van der Waals surface area (Å²) in [5, 5.41) is 4.93. The highest BCUT2D eigenvalue weighted by molar-refractivity contribution is 9.09. The molecule has 0 aromatic heterocycles. The zero-order valence-corrected chi connectivity index (χ0v) is 17.3. The summed E-state index contributed by atoms with van der Waals surface area (Å²) in [6, 6.07) is 12.8. The number of Topliss-reactive ketones (excluding diaryl/α,β-unsaturated/α-hetero) is 1. The van der Waals surface area contributed by atoms with Crippen molar-refractivity contribution in [3.05, 3.63) is 69.7 Å². The molecule has 2 aromatic rings. The Labute approximate surface area is 172 Å². The molecule has 2 rings (SSSR count). The fourth-order valence-electron chi connectivity index (χ4n) is 2.53. The van der Waals surface area contributed by atoms with Crippen molar-refractivity contribution in [3.8, 4) is 0 Å². The molecule has 0 aliphatic heterocycles. The first kappa shape index (κ1) is 20.9. The summed E-state index contributed by atoms with van der Waals surface area (Å²) < 4.78 is 0. The minimum absolute atomic E-state index is 0.137. The molecule has 2 aromatic carbocycles. The topological polar surface area (TPSA) is 46.2 Å². The van der Waals surface area contributed by atoms with Gasteiger partial charge in [-0.05, 0) is 54.8 Å². The van der Waals surface area contributed by atoms with E-state index < -0.39 is 6.04 Å². The van der Waals surface area contributed by atoms with Gasteiger partial charge < -0.3 is 5.32 Å². The van der Waals surface area contributed by atoms with Gasteiger partial charge in [0.2, 0.25) is 5.91 Å². The summed E-state index contributed by atoms with van der Waals surface area (Å²) in [5.41, 5.74) is 1.19. The van der Waals surface area contributed by atoms with E-state index in [1.807, 2.05) is 0 Å². The molecule has 1 atom stereocenters. The summed E-state index contributed by atoms with van der Waals surface area (Å²) in [5.74, 6) is -0.320. The van der Waals surface area contributed by atoms with Crippen LogP contribution in [0.4, 0.5) is 0 Å². The average Bonchev–Trinajstić information content (AvgIpc) is 2.64. The summed E-state index contributed by atoms with van der Waals surface area (Å²) in [4.78, 5) is 25.3. The van der Waals surface area contributed by atoms with E-state index in [1.165, 1.54) is 0 Å². The van der Waals surface area contributed by atoms with E-state index in [-0.39, 0.29) is 11.7 Å². The lowest BCUT2D eigenvalue weighted by atomic mass is 9.97. The van der Waals surface area contributed by atoms with Gasteiger partial charge in [0, 0.05) is 27.4 Å². The fourth-order valence-corrected chi connectivity index (χ4v) is 3.17. The van der Waals surface area contributed by atoms with Crippen LogP contribution in [0, 0.1) is 0 Å². The van der Waals surface area contributed by atoms with Crippen molar-refractivity contribution in [1.29, 1.82) is 0 Å². The number of amides is 1. The number of hydrogen-bond acceptors (Lipinski definition) is 2. The molecule has 0 saturated carbocycles. The molecular formula is C20H20BrCl2NO2. The Bertz CT molecular complexity index is 732. The number of carbonyl (C=O) groups is 2. The second-order valence-corrected chi connectivity index (χ2v) is 7.59. The number of carbonyl (C=O) groups excluding carboxylic acids is 2. The predicted molar refractivity (Wildman–Crippen MR) is 110 cm³/mol. The molecule has 0 aliphatic rings. The van der Waals surface area contributed by atoms with Crippen LogP contribution < -0.4 is 5.32 Å². The third-order valence-corrected chi connectivity index (χ3v) is 5.00. The molecule has 0 spiro atoms. The number of halogens is 3. The van der Waals surface area contributed by atoms with Gasteiger partial charge in [-0.15, -0.1) is 0 Å². The first-order valence-corrected chi connectivity index (χ1v) is 10.3. The molecule has 0 fully saturated rings. The van der Waals surface area contributed by atoms with Crippen LogP contribution in [0.2, 0.25) is 10.0 Å². The minimum atomic E-state index is -0.753. The van der Waals surface area contributed by atoms with E-state index in [2.05, 4.69) is 21.2 Å². The van der Waals surface area contributed by atoms with Gasteiger partial charge in [0.05, 0.1) is 0 Å². The highest BCUT2D eigenvalue weighted by atomic mass is 79.9. The SMILES string of the molecule is O=C(CCCCCBr)NC(C(=O)c1ccc(Cl)cc1)c1ccc(Cl)cc1. The van der Waals surface area contributed by atoms with Crippen LogP contribution in [0.5, 0.6) is 0 Å². The fraction of sp³-hybridized carbons (Fsp3) is 0.300. The van der Waals surface area contributed by atoms with Crippen molar-refractivity contribution in [2.24, 2.45) is 0 Å². The molecule has 3 nitrogen and oxygen atoms in total. The van der Waals surface area contributed by atoms with Gasteiger partial charge >= 0.3 is 0 Å². The molecule has 26 heavy (non-hydrogen) atoms. The lowest BCUT2D eigenvalue weighted by molar-refractivity contribution is -0.121. The molecule has 0 heterocycles. The van der Waals surface area contributed by atoms with Crippen LogP contribution in [0.1, 0.15) is 47.6 Å². The second kappa shape index (κ2) is 10.7. The molecule has 0 aliphatic carbocycles. The molecular weight excluding hydrogens is 437 g/mol. The molecule has 1 amide bonds. The highest BCUT2D eigenvalue weighted by Gasteiger charge is 2.24. The Hall–Kier alpha value is -1.36. The Morgan fingerprint density at radius 2 is 1.46 bits per heavy atom. The number of unbranched alkanes of at least 4 members (excludes halogenated alkanes) is 2. The van der Waals surface area contributed by atoms with Crippen molar-refractivity contribution in [2.75, 3.05) is 5.33 Å². The summed E-state index contributed by atoms with van der Waals surface area (Å²) in [7, 11) is 0. The van der Waals surface area contributed by atoms with E-state index in [9.17, 15) is 9.59 Å². The number of alkyl halides is 1. The van der Waals surface area contributed by atoms with E-state index in [4.69, 9.17) is 23.2 Å². The molecule has 6 heteroatoms. The Balaban J connectivity index is 2.16. The minimum Gasteiger partial charge on any atom is -0.342 e. The Morgan fingerprint density at radius 3 is 2.04 bits per heavy atom. The standard InChI is InChI=1S/C20H20BrCl2NO2/c21-13-3-1-2-4-18(25)24-19(14-5-9-16(22)10-6-14)20(26)15-7-11-17(23)12-8-15/h5-12,19H,1-4,13H2,(H,24,25). The molecule has 1 N–H and O–H groups in total. The second-order valence-electron chi connectivity index (χ2n) is 5.92. The molecule has 0 radical (unpaired) electrons. The van der Waals surface area contributed by atoms with Gasteiger partial charge in [0.25, 0.3) is 0 Å². The zero-order valence-electron chi connectivity index (χ0n) is 14.2. The van der Waals surface area contributed by atoms with Crippen molar-refractivity contribution in [1.82, 2.24) is 5.32 Å². The number of benzene rings is 2. The molecule has 138 valence electrons. The first-order valence-electron chi connectivity index (χ1n) is 8.42. The monoisotopic (exact) mass is 455 g/mol. The number of nitrogens with one attached hydrogen (secondary N) is 1. The highest BCUT2D eigenvalue weighted by Crippen LogP contribution is 2.22. The maximum atomic E-state index is 13.0. The van der Waals surface area contributed by atoms with E-state index in [1.54, 1.807) is 48.5 Å². The summed E-state index contributed by atoms with van der Waals surface area (Å²) in [6.07, 6.45) is 3.18. The van der Waals surface area contributed by atoms with Crippen LogP contribution in [0.25, 0.3) is 0 Å². The lowest BCUT2D eigenvalue weighted by Crippen LogP contribution is -2.33. The largest absolute Gasteiger partial charge is 0.342 e. The van der Waals surface area contributed by atoms with Crippen LogP contribution >= 0.6 is 39.1 Å². The number of hydrogen-bond donors (Lipinski definition) is 1. The van der Waals surface area contributed by atoms with E-state index >= 15 is 0 Å². The van der Waals surface area contributed by atoms with Gasteiger partial charge in [-0.3, -0.25) is 9.59 Å². The summed E-state index contributed by atoms with van der Waals surface area (Å²) >= 11 is 15.2. The van der Waals surface area contributed by atoms with Gasteiger partial charge in [-0.1, -0.05) is 57.7 Å². The van der Waals surface area contributed by atoms with Crippen molar-refractivity contribution in [3.63, 3.8) is 0 Å². The Kier molecular flexibility index (Phi) is 8.63. The first-order chi connectivity index (χ1) is 12.5. The predicted octanol–water partition coefficient (Wildman–Crippen LogP) is 5.99. The van der Waals surface area contributed by atoms with Crippen LogP contribution in [-0.4, -0.2) is 17.0 Å². The maximum Gasteiger partial charge on any atom is 0.220 e. The van der Waals surface area contributed by atoms with Crippen LogP contribution in [0.15, 0.2) is 48.5 Å². The normalized spacial score (nSPS) is 11.8. The number of ketones is 1. The van der Waals surface area contributed by atoms with Crippen molar-refractivity contribution < 1.29 is 9.59 Å². The third-order valence-electron chi connectivity index (χ3n) is 3.94. The quantitative estimate of drug-likeness (QED) is 0.286. The average molecular weight is 457 g/mol. The van der Waals surface area contributed by atoms with Crippen molar-refractivity contribution in [2.45, 2.75) is 31.7 Å². The van der Waals surface area contributed by atoms with Crippen LogP contribution in [0.3, 0.4) is 0 Å². The van der Waals surface area contributed by atoms with E-state index in [0.717, 1.165) is 24.6 Å².